The third kappa shape index (κ3) is 5.33. The summed E-state index contributed by atoms with van der Waals surface area (Å²) in [6.45, 7) is 7.92. The maximum absolute atomic E-state index is 11.9. The van der Waals surface area contributed by atoms with Crippen LogP contribution in [0.5, 0.6) is 0 Å². The number of carbonyl (C=O) groups excluding carboxylic acids is 1. The van der Waals surface area contributed by atoms with Gasteiger partial charge in [-0.3, -0.25) is 4.79 Å². The zero-order valence-corrected chi connectivity index (χ0v) is 13.5. The van der Waals surface area contributed by atoms with Crippen LogP contribution in [0.4, 0.5) is 0 Å². The number of hydrogen-bond donors (Lipinski definition) is 1. The van der Waals surface area contributed by atoms with Crippen LogP contribution < -0.4 is 5.32 Å². The molecule has 1 N–H and O–H groups in total. The van der Waals surface area contributed by atoms with Crippen LogP contribution in [0.15, 0.2) is 29.2 Å². The molecule has 0 aliphatic heterocycles. The fourth-order valence-electron chi connectivity index (χ4n) is 1.86. The molecule has 0 radical (unpaired) electrons. The van der Waals surface area contributed by atoms with Crippen molar-refractivity contribution in [2.24, 2.45) is 5.41 Å². The third-order valence-electron chi connectivity index (χ3n) is 2.88. The van der Waals surface area contributed by atoms with Gasteiger partial charge in [-0.15, -0.1) is 0 Å². The first-order valence-corrected chi connectivity index (χ1v) is 8.47. The van der Waals surface area contributed by atoms with Gasteiger partial charge in [-0.2, -0.15) is 0 Å². The number of carbonyl (C=O) groups is 1. The van der Waals surface area contributed by atoms with E-state index < -0.39 is 9.84 Å². The number of nitrogens with one attached hydrogen (secondary N) is 1. The largest absolute Gasteiger partial charge is 0.350 e. The van der Waals surface area contributed by atoms with E-state index in [0.717, 1.165) is 5.56 Å². The highest BCUT2D eigenvalue weighted by atomic mass is 32.2. The molecular formula is C15H23NO3S. The maximum atomic E-state index is 11.9. The van der Waals surface area contributed by atoms with E-state index in [1.54, 1.807) is 24.3 Å². The smallest absolute Gasteiger partial charge is 0.220 e. The van der Waals surface area contributed by atoms with E-state index in [0.29, 0.717) is 6.42 Å². The minimum atomic E-state index is -3.18. The van der Waals surface area contributed by atoms with Crippen LogP contribution in [0.3, 0.4) is 0 Å². The van der Waals surface area contributed by atoms with Gasteiger partial charge in [-0.25, -0.2) is 8.42 Å². The summed E-state index contributed by atoms with van der Waals surface area (Å²) in [5.74, 6) is -0.00260. The fraction of sp³-hybridized carbons (Fsp3) is 0.533. The Bertz CT molecular complexity index is 568. The molecule has 20 heavy (non-hydrogen) atoms. The average molecular weight is 297 g/mol. The summed E-state index contributed by atoms with van der Waals surface area (Å²) in [7, 11) is -3.18. The van der Waals surface area contributed by atoms with Crippen LogP contribution in [0.25, 0.3) is 0 Å². The molecule has 0 spiro atoms. The maximum Gasteiger partial charge on any atom is 0.220 e. The van der Waals surface area contributed by atoms with Crippen molar-refractivity contribution in [1.29, 1.82) is 0 Å². The first kappa shape index (κ1) is 16.7. The average Bonchev–Trinajstić information content (AvgIpc) is 2.25. The Labute approximate surface area is 121 Å². The number of amides is 1. The van der Waals surface area contributed by atoms with Crippen molar-refractivity contribution in [1.82, 2.24) is 5.32 Å². The van der Waals surface area contributed by atoms with Crippen LogP contribution in [0, 0.1) is 5.41 Å². The van der Waals surface area contributed by atoms with E-state index in [4.69, 9.17) is 0 Å². The second-order valence-electron chi connectivity index (χ2n) is 6.37. The van der Waals surface area contributed by atoms with Crippen LogP contribution in [-0.4, -0.2) is 20.6 Å². The summed E-state index contributed by atoms with van der Waals surface area (Å²) in [4.78, 5) is 12.1. The lowest BCUT2D eigenvalue weighted by Crippen LogP contribution is -2.29. The molecule has 0 unspecified atom stereocenters. The molecule has 0 aliphatic carbocycles. The Hall–Kier alpha value is -1.36. The van der Waals surface area contributed by atoms with E-state index in [-0.39, 0.29) is 22.3 Å². The van der Waals surface area contributed by atoms with Crippen LogP contribution >= 0.6 is 0 Å². The Kier molecular flexibility index (Phi) is 4.97. The van der Waals surface area contributed by atoms with Crippen molar-refractivity contribution in [2.45, 2.75) is 45.1 Å². The molecule has 4 nitrogen and oxygen atoms in total. The molecule has 1 aromatic carbocycles. The molecule has 1 atom stereocenters. The second-order valence-corrected chi connectivity index (χ2v) is 8.38. The molecule has 0 saturated carbocycles. The number of rotatable bonds is 4. The van der Waals surface area contributed by atoms with Gasteiger partial charge in [0.2, 0.25) is 5.91 Å². The summed E-state index contributed by atoms with van der Waals surface area (Å²) in [5, 5.41) is 2.92. The van der Waals surface area contributed by atoms with Crippen molar-refractivity contribution in [3.8, 4) is 0 Å². The minimum absolute atomic E-state index is 0.00260. The minimum Gasteiger partial charge on any atom is -0.350 e. The van der Waals surface area contributed by atoms with Gasteiger partial charge < -0.3 is 5.32 Å². The van der Waals surface area contributed by atoms with Gasteiger partial charge in [-0.1, -0.05) is 32.9 Å². The van der Waals surface area contributed by atoms with Crippen molar-refractivity contribution in [3.63, 3.8) is 0 Å². The predicted molar refractivity (Wildman–Crippen MR) is 80.2 cm³/mol. The lowest BCUT2D eigenvalue weighted by atomic mass is 9.91. The number of hydrogen-bond acceptors (Lipinski definition) is 3. The molecule has 0 fully saturated rings. The molecule has 0 heterocycles. The van der Waals surface area contributed by atoms with Crippen molar-refractivity contribution in [2.75, 3.05) is 6.26 Å². The topological polar surface area (TPSA) is 63.2 Å². The van der Waals surface area contributed by atoms with Crippen molar-refractivity contribution < 1.29 is 13.2 Å². The monoisotopic (exact) mass is 297 g/mol. The van der Waals surface area contributed by atoms with Crippen LogP contribution in [0.1, 0.15) is 45.7 Å². The van der Waals surface area contributed by atoms with E-state index in [1.807, 2.05) is 27.7 Å². The number of sulfone groups is 1. The SMILES string of the molecule is C[C@H](NC(=O)CC(C)(C)C)c1ccc(S(C)(=O)=O)cc1. The quantitative estimate of drug-likeness (QED) is 0.929. The molecule has 0 aromatic heterocycles. The lowest BCUT2D eigenvalue weighted by Gasteiger charge is -2.20. The highest BCUT2D eigenvalue weighted by Crippen LogP contribution is 2.20. The molecule has 112 valence electrons. The molecular weight excluding hydrogens is 274 g/mol. The molecule has 0 bridgehead atoms. The zero-order chi connectivity index (χ0) is 15.6. The fourth-order valence-corrected chi connectivity index (χ4v) is 2.49. The van der Waals surface area contributed by atoms with Crippen LogP contribution in [0.2, 0.25) is 0 Å². The molecule has 1 amide bonds. The Morgan fingerprint density at radius 1 is 1.20 bits per heavy atom. The van der Waals surface area contributed by atoms with Crippen molar-refractivity contribution >= 4 is 15.7 Å². The van der Waals surface area contributed by atoms with E-state index in [1.165, 1.54) is 6.26 Å². The Morgan fingerprint density at radius 2 is 1.70 bits per heavy atom. The van der Waals surface area contributed by atoms with Gasteiger partial charge in [0.25, 0.3) is 0 Å². The zero-order valence-electron chi connectivity index (χ0n) is 12.7. The number of benzene rings is 1. The van der Waals surface area contributed by atoms with E-state index in [2.05, 4.69) is 5.32 Å². The standard InChI is InChI=1S/C15H23NO3S/c1-11(16-14(17)10-15(2,3)4)12-6-8-13(9-7-12)20(5,18)19/h6-9,11H,10H2,1-5H3,(H,16,17)/t11-/m0/s1. The third-order valence-corrected chi connectivity index (χ3v) is 4.01. The van der Waals surface area contributed by atoms with E-state index in [9.17, 15) is 13.2 Å². The van der Waals surface area contributed by atoms with E-state index >= 15 is 0 Å². The Morgan fingerprint density at radius 3 is 2.10 bits per heavy atom. The van der Waals surface area contributed by atoms with Gasteiger partial charge >= 0.3 is 0 Å². The van der Waals surface area contributed by atoms with Gasteiger partial charge in [0.15, 0.2) is 9.84 Å². The molecule has 1 rings (SSSR count). The normalized spacial score (nSPS) is 13.8. The molecule has 5 heteroatoms. The summed E-state index contributed by atoms with van der Waals surface area (Å²) < 4.78 is 22.8. The van der Waals surface area contributed by atoms with Gasteiger partial charge in [0, 0.05) is 12.7 Å². The first-order valence-electron chi connectivity index (χ1n) is 6.58. The molecule has 1 aromatic rings. The van der Waals surface area contributed by atoms with Crippen LogP contribution in [-0.2, 0) is 14.6 Å². The second kappa shape index (κ2) is 5.95. The van der Waals surface area contributed by atoms with Crippen molar-refractivity contribution in [3.05, 3.63) is 29.8 Å². The van der Waals surface area contributed by atoms with Gasteiger partial charge in [0.1, 0.15) is 0 Å². The Balaban J connectivity index is 2.74. The first-order chi connectivity index (χ1) is 8.99. The summed E-state index contributed by atoms with van der Waals surface area (Å²) >= 11 is 0. The highest BCUT2D eigenvalue weighted by Gasteiger charge is 2.18. The van der Waals surface area contributed by atoms with Gasteiger partial charge in [-0.05, 0) is 30.0 Å². The summed E-state index contributed by atoms with van der Waals surface area (Å²) in [6.07, 6.45) is 1.63. The molecule has 0 saturated heterocycles. The predicted octanol–water partition coefficient (Wildman–Crippen LogP) is 2.70. The summed E-state index contributed by atoms with van der Waals surface area (Å²) in [5.41, 5.74) is 0.837. The highest BCUT2D eigenvalue weighted by molar-refractivity contribution is 7.90. The summed E-state index contributed by atoms with van der Waals surface area (Å²) in [6, 6.07) is 6.46. The lowest BCUT2D eigenvalue weighted by molar-refractivity contribution is -0.123. The molecule has 0 aliphatic rings. The van der Waals surface area contributed by atoms with Gasteiger partial charge in [0.05, 0.1) is 10.9 Å².